The summed E-state index contributed by atoms with van der Waals surface area (Å²) < 4.78 is 4.97. The van der Waals surface area contributed by atoms with E-state index < -0.39 is 6.10 Å². The Morgan fingerprint density at radius 3 is 2.80 bits per heavy atom. The van der Waals surface area contributed by atoms with Crippen LogP contribution in [0.2, 0.25) is 5.02 Å². The third kappa shape index (κ3) is 3.78. The van der Waals surface area contributed by atoms with E-state index in [1.807, 2.05) is 6.92 Å². The number of rotatable bonds is 5. The van der Waals surface area contributed by atoms with Crippen LogP contribution in [0.1, 0.15) is 25.1 Å². The van der Waals surface area contributed by atoms with Gasteiger partial charge in [0, 0.05) is 19.9 Å². The lowest BCUT2D eigenvalue weighted by Gasteiger charge is -2.17. The third-order valence-corrected chi connectivity index (χ3v) is 2.59. The van der Waals surface area contributed by atoms with Gasteiger partial charge in [0.15, 0.2) is 0 Å². The molecule has 0 aromatic carbocycles. The summed E-state index contributed by atoms with van der Waals surface area (Å²) in [6.07, 6.45) is 1.79. The first kappa shape index (κ1) is 12.4. The van der Waals surface area contributed by atoms with Gasteiger partial charge >= 0.3 is 0 Å². The largest absolute Gasteiger partial charge is 0.387 e. The van der Waals surface area contributed by atoms with E-state index in [0.717, 1.165) is 6.42 Å². The smallest absolute Gasteiger partial charge is 0.0985 e. The van der Waals surface area contributed by atoms with Gasteiger partial charge in [0.2, 0.25) is 0 Å². The first-order valence-electron chi connectivity index (χ1n) is 4.93. The van der Waals surface area contributed by atoms with Crippen LogP contribution >= 0.6 is 11.6 Å². The summed E-state index contributed by atoms with van der Waals surface area (Å²) in [5, 5.41) is 10.5. The summed E-state index contributed by atoms with van der Waals surface area (Å²) in [6, 6.07) is 3.48. The van der Waals surface area contributed by atoms with Crippen LogP contribution in [0.25, 0.3) is 0 Å². The minimum Gasteiger partial charge on any atom is -0.387 e. The molecule has 1 heterocycles. The van der Waals surface area contributed by atoms with E-state index in [-0.39, 0.29) is 5.92 Å². The van der Waals surface area contributed by atoms with Crippen molar-refractivity contribution >= 4 is 11.6 Å². The molecule has 0 aliphatic rings. The number of hydrogen-bond acceptors (Lipinski definition) is 3. The topological polar surface area (TPSA) is 42.4 Å². The van der Waals surface area contributed by atoms with Crippen LogP contribution in [-0.2, 0) is 4.74 Å². The molecule has 3 nitrogen and oxygen atoms in total. The Morgan fingerprint density at radius 1 is 1.53 bits per heavy atom. The van der Waals surface area contributed by atoms with Crippen molar-refractivity contribution in [1.82, 2.24) is 4.98 Å². The number of methoxy groups -OCH3 is 1. The Balaban J connectivity index is 2.59. The highest BCUT2D eigenvalue weighted by molar-refractivity contribution is 6.30. The first-order chi connectivity index (χ1) is 7.15. The van der Waals surface area contributed by atoms with Gasteiger partial charge in [-0.1, -0.05) is 18.5 Å². The van der Waals surface area contributed by atoms with E-state index in [1.54, 1.807) is 25.4 Å². The highest BCUT2D eigenvalue weighted by Crippen LogP contribution is 2.23. The van der Waals surface area contributed by atoms with E-state index in [2.05, 4.69) is 4.98 Å². The van der Waals surface area contributed by atoms with Crippen molar-refractivity contribution in [2.45, 2.75) is 19.4 Å². The van der Waals surface area contributed by atoms with Gasteiger partial charge < -0.3 is 9.84 Å². The Morgan fingerprint density at radius 2 is 2.27 bits per heavy atom. The van der Waals surface area contributed by atoms with Crippen molar-refractivity contribution < 1.29 is 9.84 Å². The van der Waals surface area contributed by atoms with Crippen molar-refractivity contribution in [3.05, 3.63) is 29.0 Å². The van der Waals surface area contributed by atoms with Crippen LogP contribution in [0.5, 0.6) is 0 Å². The van der Waals surface area contributed by atoms with Crippen LogP contribution in [-0.4, -0.2) is 23.8 Å². The number of ether oxygens (including phenoxy) is 1. The number of aliphatic hydroxyl groups excluding tert-OH is 1. The number of hydrogen-bond donors (Lipinski definition) is 1. The normalized spacial score (nSPS) is 14.9. The molecule has 0 aliphatic heterocycles. The Hall–Kier alpha value is -0.640. The van der Waals surface area contributed by atoms with Gasteiger partial charge in [0.05, 0.1) is 16.8 Å². The maximum Gasteiger partial charge on any atom is 0.0985 e. The molecule has 0 bridgehead atoms. The first-order valence-corrected chi connectivity index (χ1v) is 5.31. The predicted molar refractivity (Wildman–Crippen MR) is 59.9 cm³/mol. The zero-order valence-electron chi connectivity index (χ0n) is 8.98. The molecule has 15 heavy (non-hydrogen) atoms. The molecular weight excluding hydrogens is 214 g/mol. The molecule has 2 unspecified atom stereocenters. The molecule has 1 rings (SSSR count). The van der Waals surface area contributed by atoms with E-state index in [0.29, 0.717) is 17.3 Å². The SMILES string of the molecule is COCCC(C)C(O)c1ccc(Cl)cn1. The van der Waals surface area contributed by atoms with Crippen molar-refractivity contribution in [2.24, 2.45) is 5.92 Å². The molecule has 0 radical (unpaired) electrons. The fraction of sp³-hybridized carbons (Fsp3) is 0.545. The average molecular weight is 230 g/mol. The number of aliphatic hydroxyl groups is 1. The quantitative estimate of drug-likeness (QED) is 0.844. The summed E-state index contributed by atoms with van der Waals surface area (Å²) in [5.74, 6) is 0.124. The maximum atomic E-state index is 9.95. The zero-order valence-corrected chi connectivity index (χ0v) is 9.74. The average Bonchev–Trinajstić information content (AvgIpc) is 2.26. The molecule has 0 saturated carbocycles. The molecule has 84 valence electrons. The molecule has 1 aromatic rings. The second-order valence-electron chi connectivity index (χ2n) is 3.60. The number of pyridine rings is 1. The van der Waals surface area contributed by atoms with E-state index >= 15 is 0 Å². The molecule has 4 heteroatoms. The molecule has 1 N–H and O–H groups in total. The second-order valence-corrected chi connectivity index (χ2v) is 4.04. The monoisotopic (exact) mass is 229 g/mol. The van der Waals surface area contributed by atoms with Crippen molar-refractivity contribution in [1.29, 1.82) is 0 Å². The summed E-state index contributed by atoms with van der Waals surface area (Å²) in [7, 11) is 1.65. The zero-order chi connectivity index (χ0) is 11.3. The summed E-state index contributed by atoms with van der Waals surface area (Å²) in [6.45, 7) is 2.62. The highest BCUT2D eigenvalue weighted by atomic mass is 35.5. The fourth-order valence-corrected chi connectivity index (χ4v) is 1.43. The van der Waals surface area contributed by atoms with Crippen LogP contribution in [0, 0.1) is 5.92 Å². The maximum absolute atomic E-state index is 9.95. The van der Waals surface area contributed by atoms with Gasteiger partial charge in [0.25, 0.3) is 0 Å². The molecule has 0 amide bonds. The summed E-state index contributed by atoms with van der Waals surface area (Å²) >= 11 is 5.72. The third-order valence-electron chi connectivity index (χ3n) is 2.37. The van der Waals surface area contributed by atoms with Crippen LogP contribution in [0.4, 0.5) is 0 Å². The van der Waals surface area contributed by atoms with Crippen molar-refractivity contribution in [3.63, 3.8) is 0 Å². The molecule has 2 atom stereocenters. The minimum absolute atomic E-state index is 0.124. The predicted octanol–water partition coefficient (Wildman–Crippen LogP) is 2.44. The lowest BCUT2D eigenvalue weighted by Crippen LogP contribution is -2.12. The number of nitrogens with zero attached hydrogens (tertiary/aromatic N) is 1. The molecule has 1 aromatic heterocycles. The fourth-order valence-electron chi connectivity index (χ4n) is 1.32. The lowest BCUT2D eigenvalue weighted by atomic mass is 9.98. The number of aromatic nitrogens is 1. The van der Waals surface area contributed by atoms with Gasteiger partial charge in [-0.2, -0.15) is 0 Å². The van der Waals surface area contributed by atoms with Gasteiger partial charge in [-0.25, -0.2) is 0 Å². The molecular formula is C11H16ClNO2. The van der Waals surface area contributed by atoms with Crippen LogP contribution in [0.3, 0.4) is 0 Å². The van der Waals surface area contributed by atoms with Crippen molar-refractivity contribution in [2.75, 3.05) is 13.7 Å². The van der Waals surface area contributed by atoms with Gasteiger partial charge in [0.1, 0.15) is 0 Å². The van der Waals surface area contributed by atoms with Gasteiger partial charge in [-0.3, -0.25) is 4.98 Å². The van der Waals surface area contributed by atoms with E-state index in [4.69, 9.17) is 16.3 Å². The van der Waals surface area contributed by atoms with E-state index in [9.17, 15) is 5.11 Å². The standard InChI is InChI=1S/C11H16ClNO2/c1-8(5-6-15-2)11(14)10-4-3-9(12)7-13-10/h3-4,7-8,11,14H,5-6H2,1-2H3. The molecule has 0 saturated heterocycles. The Bertz CT molecular complexity index is 289. The van der Waals surface area contributed by atoms with Crippen LogP contribution in [0.15, 0.2) is 18.3 Å². The van der Waals surface area contributed by atoms with Crippen molar-refractivity contribution in [3.8, 4) is 0 Å². The van der Waals surface area contributed by atoms with Gasteiger partial charge in [-0.15, -0.1) is 0 Å². The molecule has 0 spiro atoms. The van der Waals surface area contributed by atoms with Gasteiger partial charge in [-0.05, 0) is 24.5 Å². The van der Waals surface area contributed by atoms with Crippen LogP contribution < -0.4 is 0 Å². The highest BCUT2D eigenvalue weighted by Gasteiger charge is 2.17. The minimum atomic E-state index is -0.558. The Kier molecular flexibility index (Phi) is 5.02. The Labute approximate surface area is 95.1 Å². The lowest BCUT2D eigenvalue weighted by molar-refractivity contribution is 0.0855. The van der Waals surface area contributed by atoms with E-state index in [1.165, 1.54) is 0 Å². The second kappa shape index (κ2) is 6.05. The molecule has 0 fully saturated rings. The number of halogens is 1. The molecule has 0 aliphatic carbocycles. The summed E-state index contributed by atoms with van der Waals surface area (Å²) in [5.41, 5.74) is 0.656. The summed E-state index contributed by atoms with van der Waals surface area (Å²) in [4.78, 5) is 4.08.